The number of aliphatic imine (C=N–C) groups is 1. The smallest absolute Gasteiger partial charge is 0.0390 e. The zero-order valence-corrected chi connectivity index (χ0v) is 10.7. The van der Waals surface area contributed by atoms with Crippen molar-refractivity contribution in [3.63, 3.8) is 0 Å². The Bertz CT molecular complexity index is 306. The molecular weight excluding hydrogens is 194 g/mol. The third kappa shape index (κ3) is 6.39. The molecule has 0 saturated heterocycles. The Hall–Kier alpha value is -1.11. The lowest BCUT2D eigenvalue weighted by atomic mass is 9.92. The van der Waals surface area contributed by atoms with Gasteiger partial charge in [0, 0.05) is 6.54 Å². The highest BCUT2D eigenvalue weighted by molar-refractivity contribution is 5.57. The van der Waals surface area contributed by atoms with Gasteiger partial charge in [0.25, 0.3) is 0 Å². The van der Waals surface area contributed by atoms with Crippen molar-refractivity contribution in [1.29, 1.82) is 0 Å². The van der Waals surface area contributed by atoms with Crippen molar-refractivity contribution in [2.75, 3.05) is 6.54 Å². The molecular formula is C15H23N. The van der Waals surface area contributed by atoms with Gasteiger partial charge in [-0.3, -0.25) is 4.99 Å². The summed E-state index contributed by atoms with van der Waals surface area (Å²) in [5, 5.41) is 0. The van der Waals surface area contributed by atoms with Gasteiger partial charge in [0.05, 0.1) is 0 Å². The first kappa shape index (κ1) is 13.0. The first-order chi connectivity index (χ1) is 7.58. The maximum atomic E-state index is 4.45. The SMILES string of the molecule is CC(C)(C)CC/N=C/CCc1ccccc1. The average Bonchev–Trinajstić information content (AvgIpc) is 2.23. The van der Waals surface area contributed by atoms with Crippen molar-refractivity contribution >= 4 is 6.21 Å². The molecule has 1 nitrogen and oxygen atoms in total. The van der Waals surface area contributed by atoms with Crippen molar-refractivity contribution < 1.29 is 0 Å². The lowest BCUT2D eigenvalue weighted by molar-refractivity contribution is 0.385. The van der Waals surface area contributed by atoms with Gasteiger partial charge in [-0.15, -0.1) is 0 Å². The van der Waals surface area contributed by atoms with Gasteiger partial charge in [-0.25, -0.2) is 0 Å². The monoisotopic (exact) mass is 217 g/mol. The molecule has 1 aromatic rings. The number of nitrogens with zero attached hydrogens (tertiary/aromatic N) is 1. The summed E-state index contributed by atoms with van der Waals surface area (Å²) in [5.74, 6) is 0. The summed E-state index contributed by atoms with van der Waals surface area (Å²) in [4.78, 5) is 4.45. The second-order valence-electron chi connectivity index (χ2n) is 5.42. The first-order valence-corrected chi connectivity index (χ1v) is 6.10. The molecule has 0 unspecified atom stereocenters. The normalized spacial score (nSPS) is 12.2. The summed E-state index contributed by atoms with van der Waals surface area (Å²) in [7, 11) is 0. The van der Waals surface area contributed by atoms with E-state index in [9.17, 15) is 0 Å². The molecule has 0 N–H and O–H groups in total. The molecule has 16 heavy (non-hydrogen) atoms. The lowest BCUT2D eigenvalue weighted by Crippen LogP contribution is -2.06. The van der Waals surface area contributed by atoms with Gasteiger partial charge in [0.15, 0.2) is 0 Å². The van der Waals surface area contributed by atoms with E-state index in [1.54, 1.807) is 0 Å². The zero-order chi connectivity index (χ0) is 11.9. The van der Waals surface area contributed by atoms with Gasteiger partial charge in [-0.1, -0.05) is 51.1 Å². The minimum Gasteiger partial charge on any atom is -0.298 e. The number of benzene rings is 1. The Morgan fingerprint density at radius 1 is 1.12 bits per heavy atom. The van der Waals surface area contributed by atoms with E-state index in [-0.39, 0.29) is 0 Å². The van der Waals surface area contributed by atoms with Crippen LogP contribution < -0.4 is 0 Å². The van der Waals surface area contributed by atoms with Crippen LogP contribution in [0.2, 0.25) is 0 Å². The summed E-state index contributed by atoms with van der Waals surface area (Å²) in [6.45, 7) is 7.73. The van der Waals surface area contributed by atoms with Gasteiger partial charge in [-0.05, 0) is 36.5 Å². The Kier molecular flexibility index (Phi) is 5.24. The number of hydrogen-bond donors (Lipinski definition) is 0. The molecule has 0 atom stereocenters. The van der Waals surface area contributed by atoms with E-state index in [0.29, 0.717) is 5.41 Å². The van der Waals surface area contributed by atoms with Crippen molar-refractivity contribution in [3.05, 3.63) is 35.9 Å². The summed E-state index contributed by atoms with van der Waals surface area (Å²) in [6.07, 6.45) is 5.38. The van der Waals surface area contributed by atoms with E-state index >= 15 is 0 Å². The lowest BCUT2D eigenvalue weighted by Gasteiger charge is -2.15. The van der Waals surface area contributed by atoms with E-state index in [1.165, 1.54) is 5.56 Å². The van der Waals surface area contributed by atoms with Crippen molar-refractivity contribution in [2.45, 2.75) is 40.0 Å². The van der Waals surface area contributed by atoms with Crippen LogP contribution in [0.4, 0.5) is 0 Å². The van der Waals surface area contributed by atoms with Gasteiger partial charge in [-0.2, -0.15) is 0 Å². The molecule has 0 aromatic heterocycles. The number of rotatable bonds is 5. The van der Waals surface area contributed by atoms with Crippen LogP contribution >= 0.6 is 0 Å². The molecule has 0 aliphatic carbocycles. The summed E-state index contributed by atoms with van der Waals surface area (Å²) < 4.78 is 0. The van der Waals surface area contributed by atoms with E-state index in [4.69, 9.17) is 0 Å². The van der Waals surface area contributed by atoms with Crippen LogP contribution in [0.1, 0.15) is 39.2 Å². The van der Waals surface area contributed by atoms with E-state index in [0.717, 1.165) is 25.8 Å². The van der Waals surface area contributed by atoms with Crippen LogP contribution in [0.3, 0.4) is 0 Å². The predicted octanol–water partition coefficient (Wildman–Crippen LogP) is 4.13. The minimum absolute atomic E-state index is 0.400. The fraction of sp³-hybridized carbons (Fsp3) is 0.533. The second kappa shape index (κ2) is 6.47. The maximum Gasteiger partial charge on any atom is 0.0390 e. The topological polar surface area (TPSA) is 12.4 Å². The van der Waals surface area contributed by atoms with Gasteiger partial charge >= 0.3 is 0 Å². The molecule has 0 amide bonds. The summed E-state index contributed by atoms with van der Waals surface area (Å²) in [5.41, 5.74) is 1.79. The maximum absolute atomic E-state index is 4.45. The quantitative estimate of drug-likeness (QED) is 0.658. The Labute approximate surface area is 99.6 Å². The van der Waals surface area contributed by atoms with Crippen LogP contribution in [-0.2, 0) is 6.42 Å². The predicted molar refractivity (Wildman–Crippen MR) is 72.2 cm³/mol. The molecule has 1 rings (SSSR count). The number of hydrogen-bond acceptors (Lipinski definition) is 1. The highest BCUT2D eigenvalue weighted by Crippen LogP contribution is 2.17. The Balaban J connectivity index is 2.14. The average molecular weight is 217 g/mol. The molecule has 0 aliphatic heterocycles. The fourth-order valence-electron chi connectivity index (χ4n) is 1.46. The molecule has 0 spiro atoms. The molecule has 1 heteroatoms. The molecule has 1 aromatic carbocycles. The van der Waals surface area contributed by atoms with E-state index < -0.39 is 0 Å². The van der Waals surface area contributed by atoms with Crippen molar-refractivity contribution in [2.24, 2.45) is 10.4 Å². The second-order valence-corrected chi connectivity index (χ2v) is 5.42. The van der Waals surface area contributed by atoms with Crippen LogP contribution in [0, 0.1) is 5.41 Å². The third-order valence-electron chi connectivity index (χ3n) is 2.52. The number of aryl methyl sites for hydroxylation is 1. The van der Waals surface area contributed by atoms with E-state index in [1.807, 2.05) is 0 Å². The van der Waals surface area contributed by atoms with Crippen LogP contribution in [0.15, 0.2) is 35.3 Å². The molecule has 0 heterocycles. The highest BCUT2D eigenvalue weighted by Gasteiger charge is 2.07. The molecule has 0 radical (unpaired) electrons. The summed E-state index contributed by atoms with van der Waals surface area (Å²) in [6, 6.07) is 10.6. The van der Waals surface area contributed by atoms with Crippen LogP contribution in [-0.4, -0.2) is 12.8 Å². The highest BCUT2D eigenvalue weighted by atomic mass is 14.7. The van der Waals surface area contributed by atoms with Crippen molar-refractivity contribution in [1.82, 2.24) is 0 Å². The Morgan fingerprint density at radius 2 is 1.81 bits per heavy atom. The fourth-order valence-corrected chi connectivity index (χ4v) is 1.46. The first-order valence-electron chi connectivity index (χ1n) is 6.10. The van der Waals surface area contributed by atoms with Crippen molar-refractivity contribution in [3.8, 4) is 0 Å². The zero-order valence-electron chi connectivity index (χ0n) is 10.7. The third-order valence-corrected chi connectivity index (χ3v) is 2.52. The van der Waals surface area contributed by atoms with E-state index in [2.05, 4.69) is 62.3 Å². The largest absolute Gasteiger partial charge is 0.298 e. The standard InChI is InChI=1S/C15H23N/c1-15(2,3)11-13-16-12-7-10-14-8-5-4-6-9-14/h4-6,8-9,12H,7,10-11,13H2,1-3H3/b16-12+. The molecule has 0 fully saturated rings. The van der Waals surface area contributed by atoms with Gasteiger partial charge in [0.2, 0.25) is 0 Å². The minimum atomic E-state index is 0.400. The van der Waals surface area contributed by atoms with Crippen LogP contribution in [0.25, 0.3) is 0 Å². The molecule has 0 saturated carbocycles. The van der Waals surface area contributed by atoms with Crippen LogP contribution in [0.5, 0.6) is 0 Å². The molecule has 0 aliphatic rings. The summed E-state index contributed by atoms with van der Waals surface area (Å²) >= 11 is 0. The Morgan fingerprint density at radius 3 is 2.44 bits per heavy atom. The van der Waals surface area contributed by atoms with Gasteiger partial charge < -0.3 is 0 Å². The molecule has 88 valence electrons. The van der Waals surface area contributed by atoms with Gasteiger partial charge in [0.1, 0.15) is 0 Å². The molecule has 0 bridgehead atoms.